The van der Waals surface area contributed by atoms with Crippen molar-refractivity contribution in [3.63, 3.8) is 0 Å². The summed E-state index contributed by atoms with van der Waals surface area (Å²) in [4.78, 5) is 12.2. The minimum Gasteiger partial charge on any atom is -0.381 e. The van der Waals surface area contributed by atoms with Gasteiger partial charge in [0, 0.05) is 30.9 Å². The molecule has 1 N–H and O–H groups in total. The topological polar surface area (TPSA) is 38.3 Å². The minimum absolute atomic E-state index is 0.0832. The number of carbonyl (C=O) groups is 1. The molecule has 3 nitrogen and oxygen atoms in total. The molecule has 0 saturated carbocycles. The smallest absolute Gasteiger partial charge is 0.251 e. The van der Waals surface area contributed by atoms with Gasteiger partial charge in [0.25, 0.3) is 5.91 Å². The zero-order valence-electron chi connectivity index (χ0n) is 13.9. The predicted octanol–water partition coefficient (Wildman–Crippen LogP) is 3.38. The molecule has 1 fully saturated rings. The monoisotopic (exact) mass is 337 g/mol. The van der Waals surface area contributed by atoms with Gasteiger partial charge in [0.15, 0.2) is 0 Å². The van der Waals surface area contributed by atoms with E-state index >= 15 is 0 Å². The van der Waals surface area contributed by atoms with Gasteiger partial charge in [-0.2, -0.15) is 0 Å². The lowest BCUT2D eigenvalue weighted by atomic mass is 10.0. The fourth-order valence-corrected chi connectivity index (χ4v) is 2.70. The molecule has 4 heteroatoms. The van der Waals surface area contributed by atoms with Crippen LogP contribution in [0, 0.1) is 23.6 Å². The van der Waals surface area contributed by atoms with E-state index in [0.717, 1.165) is 31.6 Å². The first-order valence-corrected chi connectivity index (χ1v) is 8.45. The largest absolute Gasteiger partial charge is 0.381 e. The Morgan fingerprint density at radius 1 is 1.08 bits per heavy atom. The van der Waals surface area contributed by atoms with Crippen LogP contribution in [0.1, 0.15) is 34.3 Å². The average Bonchev–Trinajstić information content (AvgIpc) is 2.67. The van der Waals surface area contributed by atoms with E-state index in [9.17, 15) is 9.18 Å². The molecule has 128 valence electrons. The van der Waals surface area contributed by atoms with Crippen LogP contribution in [0.15, 0.2) is 48.5 Å². The Kier molecular flexibility index (Phi) is 5.81. The predicted molar refractivity (Wildman–Crippen MR) is 94.7 cm³/mol. The van der Waals surface area contributed by atoms with Crippen LogP contribution in [-0.2, 0) is 4.74 Å². The molecule has 0 bridgehead atoms. The van der Waals surface area contributed by atoms with Crippen molar-refractivity contribution in [1.29, 1.82) is 0 Å². The van der Waals surface area contributed by atoms with E-state index in [4.69, 9.17) is 4.74 Å². The van der Waals surface area contributed by atoms with Gasteiger partial charge in [-0.25, -0.2) is 4.39 Å². The van der Waals surface area contributed by atoms with Gasteiger partial charge >= 0.3 is 0 Å². The number of hydrogen-bond acceptors (Lipinski definition) is 2. The Balaban J connectivity index is 1.58. The van der Waals surface area contributed by atoms with Gasteiger partial charge in [-0.05, 0) is 55.2 Å². The molecule has 25 heavy (non-hydrogen) atoms. The van der Waals surface area contributed by atoms with Gasteiger partial charge in [0.2, 0.25) is 0 Å². The second-order valence-corrected chi connectivity index (χ2v) is 6.07. The van der Waals surface area contributed by atoms with E-state index in [1.807, 2.05) is 0 Å². The van der Waals surface area contributed by atoms with Crippen molar-refractivity contribution >= 4 is 5.91 Å². The number of ether oxygens (including phenoxy) is 1. The van der Waals surface area contributed by atoms with E-state index in [0.29, 0.717) is 23.6 Å². The molecule has 1 aliphatic heterocycles. The summed E-state index contributed by atoms with van der Waals surface area (Å²) >= 11 is 0. The fraction of sp³-hybridized carbons (Fsp3) is 0.286. The second kappa shape index (κ2) is 8.46. The molecule has 0 aromatic heterocycles. The van der Waals surface area contributed by atoms with Crippen molar-refractivity contribution in [1.82, 2.24) is 5.32 Å². The molecule has 1 heterocycles. The summed E-state index contributed by atoms with van der Waals surface area (Å²) in [5.74, 6) is 5.80. The van der Waals surface area contributed by atoms with Crippen LogP contribution in [-0.4, -0.2) is 25.7 Å². The number of rotatable bonds is 3. The number of carbonyl (C=O) groups excluding carboxylic acids is 1. The molecule has 2 aromatic rings. The van der Waals surface area contributed by atoms with Gasteiger partial charge in [-0.1, -0.05) is 24.0 Å². The molecule has 1 saturated heterocycles. The summed E-state index contributed by atoms with van der Waals surface area (Å²) in [6.07, 6.45) is 1.98. The first-order valence-electron chi connectivity index (χ1n) is 8.45. The highest BCUT2D eigenvalue weighted by Crippen LogP contribution is 2.13. The van der Waals surface area contributed by atoms with Crippen molar-refractivity contribution in [2.45, 2.75) is 12.8 Å². The Morgan fingerprint density at radius 3 is 2.52 bits per heavy atom. The molecule has 2 aromatic carbocycles. The molecule has 0 unspecified atom stereocenters. The number of benzene rings is 2. The number of amides is 1. The van der Waals surface area contributed by atoms with Gasteiger partial charge in [-0.15, -0.1) is 0 Å². The standard InChI is InChI=1S/C21H20FNO2/c22-20-4-2-1-3-18(20)8-5-16-6-9-19(10-7-16)21(24)23-15-17-11-13-25-14-12-17/h1-4,6-7,9-10,17H,11-15H2,(H,23,24). The van der Waals surface area contributed by atoms with E-state index in [1.54, 1.807) is 42.5 Å². The lowest BCUT2D eigenvalue weighted by molar-refractivity contribution is 0.0642. The lowest BCUT2D eigenvalue weighted by Crippen LogP contribution is -2.32. The third-order valence-corrected chi connectivity index (χ3v) is 4.25. The zero-order chi connectivity index (χ0) is 17.5. The molecule has 0 radical (unpaired) electrons. The minimum atomic E-state index is -0.334. The second-order valence-electron chi connectivity index (χ2n) is 6.07. The first-order chi connectivity index (χ1) is 12.2. The quantitative estimate of drug-likeness (QED) is 0.872. The maximum absolute atomic E-state index is 13.5. The summed E-state index contributed by atoms with van der Waals surface area (Å²) in [5.41, 5.74) is 1.70. The lowest BCUT2D eigenvalue weighted by Gasteiger charge is -2.22. The van der Waals surface area contributed by atoms with E-state index in [1.165, 1.54) is 6.07 Å². The SMILES string of the molecule is O=C(NCC1CCOCC1)c1ccc(C#Cc2ccccc2F)cc1. The molecule has 1 aliphatic rings. The summed E-state index contributed by atoms with van der Waals surface area (Å²) < 4.78 is 18.9. The third-order valence-electron chi connectivity index (χ3n) is 4.25. The van der Waals surface area contributed by atoms with Crippen LogP contribution < -0.4 is 5.32 Å². The van der Waals surface area contributed by atoms with Crippen LogP contribution in [0.3, 0.4) is 0 Å². The van der Waals surface area contributed by atoms with Crippen LogP contribution in [0.2, 0.25) is 0 Å². The summed E-state index contributed by atoms with van der Waals surface area (Å²) in [7, 11) is 0. The Morgan fingerprint density at radius 2 is 1.80 bits per heavy atom. The van der Waals surface area contributed by atoms with Gasteiger partial charge in [0.1, 0.15) is 5.82 Å². The van der Waals surface area contributed by atoms with E-state index in [-0.39, 0.29) is 11.7 Å². The van der Waals surface area contributed by atoms with Crippen LogP contribution >= 0.6 is 0 Å². The van der Waals surface area contributed by atoms with Crippen LogP contribution in [0.4, 0.5) is 4.39 Å². The molecule has 3 rings (SSSR count). The number of nitrogens with one attached hydrogen (secondary N) is 1. The molecular formula is C21H20FNO2. The highest BCUT2D eigenvalue weighted by molar-refractivity contribution is 5.94. The van der Waals surface area contributed by atoms with Gasteiger partial charge in [-0.3, -0.25) is 4.79 Å². The zero-order valence-corrected chi connectivity index (χ0v) is 13.9. The summed E-state index contributed by atoms with van der Waals surface area (Å²) in [6, 6.07) is 13.4. The molecular weight excluding hydrogens is 317 g/mol. The van der Waals surface area contributed by atoms with Gasteiger partial charge in [0.05, 0.1) is 5.56 Å². The van der Waals surface area contributed by atoms with E-state index in [2.05, 4.69) is 17.2 Å². The molecule has 0 aliphatic carbocycles. The van der Waals surface area contributed by atoms with Crippen molar-refractivity contribution in [3.05, 3.63) is 71.0 Å². The Hall–Kier alpha value is -2.64. The van der Waals surface area contributed by atoms with Crippen molar-refractivity contribution in [2.24, 2.45) is 5.92 Å². The summed E-state index contributed by atoms with van der Waals surface area (Å²) in [6.45, 7) is 2.23. The molecule has 1 amide bonds. The maximum Gasteiger partial charge on any atom is 0.251 e. The van der Waals surface area contributed by atoms with Crippen molar-refractivity contribution < 1.29 is 13.9 Å². The first kappa shape index (κ1) is 17.2. The fourth-order valence-electron chi connectivity index (χ4n) is 2.70. The Labute approximate surface area is 147 Å². The third kappa shape index (κ3) is 4.91. The van der Waals surface area contributed by atoms with Crippen LogP contribution in [0.5, 0.6) is 0 Å². The van der Waals surface area contributed by atoms with Crippen LogP contribution in [0.25, 0.3) is 0 Å². The van der Waals surface area contributed by atoms with E-state index < -0.39 is 0 Å². The average molecular weight is 337 g/mol. The molecule has 0 atom stereocenters. The maximum atomic E-state index is 13.5. The Bertz CT molecular complexity index is 784. The van der Waals surface area contributed by atoms with Crippen molar-refractivity contribution in [3.8, 4) is 11.8 Å². The molecule has 0 spiro atoms. The highest BCUT2D eigenvalue weighted by Gasteiger charge is 2.15. The van der Waals surface area contributed by atoms with Gasteiger partial charge < -0.3 is 10.1 Å². The number of hydrogen-bond donors (Lipinski definition) is 1. The summed E-state index contributed by atoms with van der Waals surface area (Å²) in [5, 5.41) is 2.97. The normalized spacial score (nSPS) is 14.4. The number of halogens is 1. The van der Waals surface area contributed by atoms with Crippen molar-refractivity contribution in [2.75, 3.05) is 19.8 Å². The highest BCUT2D eigenvalue weighted by atomic mass is 19.1.